The number of ether oxygens (including phenoxy) is 3. The molecule has 1 aliphatic rings. The average molecular weight is 441 g/mol. The van der Waals surface area contributed by atoms with Crippen LogP contribution in [0.15, 0.2) is 47.5 Å². The van der Waals surface area contributed by atoms with Crippen molar-refractivity contribution in [3.05, 3.63) is 53.6 Å². The zero-order chi connectivity index (χ0) is 22.8. The molecule has 2 aromatic rings. The first kappa shape index (κ1) is 23.2. The number of amides is 1. The number of nitrogens with one attached hydrogen (secondary N) is 2. The molecule has 0 saturated heterocycles. The predicted octanol–water partition coefficient (Wildman–Crippen LogP) is 2.75. The van der Waals surface area contributed by atoms with E-state index in [9.17, 15) is 4.79 Å². The van der Waals surface area contributed by atoms with Gasteiger partial charge in [-0.05, 0) is 55.5 Å². The fourth-order valence-electron chi connectivity index (χ4n) is 3.59. The van der Waals surface area contributed by atoms with Crippen LogP contribution in [-0.2, 0) is 17.9 Å². The summed E-state index contributed by atoms with van der Waals surface area (Å²) in [5.41, 5.74) is 7.17. The molecule has 1 amide bonds. The molecule has 0 atom stereocenters. The fourth-order valence-corrected chi connectivity index (χ4v) is 3.59. The molecule has 3 rings (SSSR count). The van der Waals surface area contributed by atoms with E-state index in [1.54, 1.807) is 20.2 Å². The largest absolute Gasteiger partial charge is 0.497 e. The normalized spacial score (nSPS) is 14.1. The third kappa shape index (κ3) is 7.08. The monoisotopic (exact) mass is 440 g/mol. The molecular weight excluding hydrogens is 408 g/mol. The molecule has 0 radical (unpaired) electrons. The van der Waals surface area contributed by atoms with Crippen molar-refractivity contribution in [2.45, 2.75) is 44.9 Å². The number of aliphatic imine (C=N–C) groups is 1. The van der Waals surface area contributed by atoms with E-state index >= 15 is 0 Å². The molecule has 0 unspecified atom stereocenters. The van der Waals surface area contributed by atoms with Gasteiger partial charge in [0.2, 0.25) is 0 Å². The first-order valence-corrected chi connectivity index (χ1v) is 10.9. The lowest BCUT2D eigenvalue weighted by molar-refractivity contribution is -0.119. The van der Waals surface area contributed by atoms with E-state index in [-0.39, 0.29) is 12.7 Å². The highest BCUT2D eigenvalue weighted by molar-refractivity contribution is 5.79. The lowest BCUT2D eigenvalue weighted by Crippen LogP contribution is -2.36. The van der Waals surface area contributed by atoms with Gasteiger partial charge in [-0.25, -0.2) is 0 Å². The summed E-state index contributed by atoms with van der Waals surface area (Å²) in [6.07, 6.45) is 4.88. The quantitative estimate of drug-likeness (QED) is 0.387. The smallest absolute Gasteiger partial charge is 0.255 e. The third-order valence-corrected chi connectivity index (χ3v) is 5.28. The predicted molar refractivity (Wildman–Crippen MR) is 124 cm³/mol. The van der Waals surface area contributed by atoms with Crippen LogP contribution in [0.4, 0.5) is 0 Å². The molecule has 32 heavy (non-hydrogen) atoms. The van der Waals surface area contributed by atoms with Crippen molar-refractivity contribution in [2.24, 2.45) is 10.7 Å². The van der Waals surface area contributed by atoms with E-state index in [0.29, 0.717) is 24.8 Å². The topological polar surface area (TPSA) is 107 Å². The first-order chi connectivity index (χ1) is 15.6. The SMILES string of the molecule is CN=C(NCc1cccc(OCC(N)=O)c1)NCc1ccc(OC)cc1OC1CCCC1. The number of hydrogen-bond donors (Lipinski definition) is 3. The number of nitrogens with two attached hydrogens (primary N) is 1. The summed E-state index contributed by atoms with van der Waals surface area (Å²) in [5.74, 6) is 2.38. The summed E-state index contributed by atoms with van der Waals surface area (Å²) in [5, 5.41) is 6.63. The molecule has 4 N–H and O–H groups in total. The van der Waals surface area contributed by atoms with Crippen LogP contribution in [0.5, 0.6) is 17.2 Å². The summed E-state index contributed by atoms with van der Waals surface area (Å²) >= 11 is 0. The van der Waals surface area contributed by atoms with Crippen molar-refractivity contribution in [3.63, 3.8) is 0 Å². The van der Waals surface area contributed by atoms with E-state index in [1.807, 2.05) is 36.4 Å². The number of carbonyl (C=O) groups excluding carboxylic acids is 1. The van der Waals surface area contributed by atoms with Crippen LogP contribution in [0.1, 0.15) is 36.8 Å². The number of benzene rings is 2. The van der Waals surface area contributed by atoms with E-state index in [2.05, 4.69) is 15.6 Å². The number of carbonyl (C=O) groups is 1. The lowest BCUT2D eigenvalue weighted by atomic mass is 10.1. The standard InChI is InChI=1S/C24H32N4O4/c1-26-24(27-14-17-6-5-9-21(12-17)31-16-23(25)29)28-15-18-10-11-20(30-2)13-22(18)32-19-7-3-4-8-19/h5-6,9-13,19H,3-4,7-8,14-16H2,1-2H3,(H2,25,29)(H2,26,27,28). The fraction of sp³-hybridized carbons (Fsp3) is 0.417. The van der Waals surface area contributed by atoms with Crippen LogP contribution in [0.3, 0.4) is 0 Å². The molecule has 1 fully saturated rings. The molecule has 0 aromatic heterocycles. The van der Waals surface area contributed by atoms with Crippen molar-refractivity contribution < 1.29 is 19.0 Å². The summed E-state index contributed by atoms with van der Waals surface area (Å²) in [7, 11) is 3.39. The second-order valence-corrected chi connectivity index (χ2v) is 7.68. The molecule has 1 saturated carbocycles. The van der Waals surface area contributed by atoms with E-state index < -0.39 is 5.91 Å². The van der Waals surface area contributed by atoms with Gasteiger partial charge >= 0.3 is 0 Å². The number of nitrogens with zero attached hydrogens (tertiary/aromatic N) is 1. The van der Waals surface area contributed by atoms with Gasteiger partial charge in [0.25, 0.3) is 5.91 Å². The maximum Gasteiger partial charge on any atom is 0.255 e. The minimum atomic E-state index is -0.507. The Morgan fingerprint density at radius 1 is 1.09 bits per heavy atom. The van der Waals surface area contributed by atoms with Gasteiger partial charge in [0.05, 0.1) is 13.2 Å². The van der Waals surface area contributed by atoms with E-state index in [0.717, 1.165) is 35.5 Å². The summed E-state index contributed by atoms with van der Waals surface area (Å²) in [4.78, 5) is 15.2. The zero-order valence-electron chi connectivity index (χ0n) is 18.7. The molecule has 1 aliphatic carbocycles. The first-order valence-electron chi connectivity index (χ1n) is 10.9. The van der Waals surface area contributed by atoms with Crippen molar-refractivity contribution >= 4 is 11.9 Å². The molecule has 0 aliphatic heterocycles. The van der Waals surface area contributed by atoms with Gasteiger partial charge < -0.3 is 30.6 Å². The number of guanidine groups is 1. The van der Waals surface area contributed by atoms with Crippen LogP contribution in [0, 0.1) is 0 Å². The summed E-state index contributed by atoms with van der Waals surface area (Å²) in [6, 6.07) is 13.4. The number of primary amides is 1. The maximum atomic E-state index is 10.9. The van der Waals surface area contributed by atoms with Crippen LogP contribution < -0.4 is 30.6 Å². The Morgan fingerprint density at radius 2 is 1.88 bits per heavy atom. The molecule has 0 spiro atoms. The Bertz CT molecular complexity index is 926. The summed E-state index contributed by atoms with van der Waals surface area (Å²) < 4.78 is 17.0. The Balaban J connectivity index is 1.57. The van der Waals surface area contributed by atoms with Gasteiger partial charge in [-0.2, -0.15) is 0 Å². The summed E-state index contributed by atoms with van der Waals surface area (Å²) in [6.45, 7) is 0.961. The van der Waals surface area contributed by atoms with E-state index in [4.69, 9.17) is 19.9 Å². The second kappa shape index (κ2) is 11.8. The third-order valence-electron chi connectivity index (χ3n) is 5.28. The van der Waals surface area contributed by atoms with Crippen molar-refractivity contribution in [2.75, 3.05) is 20.8 Å². The average Bonchev–Trinajstić information content (AvgIpc) is 3.32. The molecule has 8 nitrogen and oxygen atoms in total. The van der Waals surface area contributed by atoms with Gasteiger partial charge in [0, 0.05) is 31.8 Å². The maximum absolute atomic E-state index is 10.9. The highest BCUT2D eigenvalue weighted by atomic mass is 16.5. The van der Waals surface area contributed by atoms with E-state index in [1.165, 1.54) is 12.8 Å². The van der Waals surface area contributed by atoms with Gasteiger partial charge in [-0.3, -0.25) is 9.79 Å². The Hall–Kier alpha value is -3.42. The minimum Gasteiger partial charge on any atom is -0.497 e. The van der Waals surface area contributed by atoms with Gasteiger partial charge in [-0.1, -0.05) is 12.1 Å². The van der Waals surface area contributed by atoms with Gasteiger partial charge in [0.15, 0.2) is 12.6 Å². The van der Waals surface area contributed by atoms with Crippen LogP contribution in [-0.4, -0.2) is 38.7 Å². The van der Waals surface area contributed by atoms with Crippen molar-refractivity contribution in [3.8, 4) is 17.2 Å². The molecule has 8 heteroatoms. The number of rotatable bonds is 10. The Labute approximate surface area is 189 Å². The molecule has 2 aromatic carbocycles. The van der Waals surface area contributed by atoms with Crippen molar-refractivity contribution in [1.82, 2.24) is 10.6 Å². The minimum absolute atomic E-state index is 0.146. The van der Waals surface area contributed by atoms with Gasteiger partial charge in [0.1, 0.15) is 17.2 Å². The highest BCUT2D eigenvalue weighted by Crippen LogP contribution is 2.30. The Kier molecular flexibility index (Phi) is 8.60. The van der Waals surface area contributed by atoms with Gasteiger partial charge in [-0.15, -0.1) is 0 Å². The highest BCUT2D eigenvalue weighted by Gasteiger charge is 2.18. The number of methoxy groups -OCH3 is 1. The molecule has 0 heterocycles. The van der Waals surface area contributed by atoms with Crippen LogP contribution in [0.25, 0.3) is 0 Å². The van der Waals surface area contributed by atoms with Crippen LogP contribution in [0.2, 0.25) is 0 Å². The lowest BCUT2D eigenvalue weighted by Gasteiger charge is -2.19. The zero-order valence-corrected chi connectivity index (χ0v) is 18.7. The molecule has 172 valence electrons. The molecular formula is C24H32N4O4. The molecule has 0 bridgehead atoms. The number of hydrogen-bond acceptors (Lipinski definition) is 5. The van der Waals surface area contributed by atoms with Crippen molar-refractivity contribution in [1.29, 1.82) is 0 Å². The van der Waals surface area contributed by atoms with Crippen LogP contribution >= 0.6 is 0 Å². The second-order valence-electron chi connectivity index (χ2n) is 7.68. The Morgan fingerprint density at radius 3 is 2.59 bits per heavy atom.